The number of hydrogen-bond donors (Lipinski definition) is 1. The van der Waals surface area contributed by atoms with E-state index in [0.717, 1.165) is 0 Å². The van der Waals surface area contributed by atoms with Crippen LogP contribution in [-0.2, 0) is 0 Å². The van der Waals surface area contributed by atoms with E-state index >= 15 is 0 Å². The average Bonchev–Trinajstić information content (AvgIpc) is 3.05. The fourth-order valence-electron chi connectivity index (χ4n) is 1.99. The molecule has 0 aromatic carbocycles. The van der Waals surface area contributed by atoms with Crippen molar-refractivity contribution in [2.75, 3.05) is 6.54 Å². The fourth-order valence-corrected chi connectivity index (χ4v) is 2.70. The molecule has 5 nitrogen and oxygen atoms in total. The van der Waals surface area contributed by atoms with Crippen LogP contribution in [0.25, 0.3) is 16.2 Å². The number of pyridine rings is 1. The molecule has 0 bridgehead atoms. The molecule has 3 aromatic heterocycles. The van der Waals surface area contributed by atoms with E-state index in [0.29, 0.717) is 16.2 Å². The second-order valence-electron chi connectivity index (χ2n) is 4.40. The van der Waals surface area contributed by atoms with Gasteiger partial charge in [0.1, 0.15) is 6.54 Å². The highest BCUT2D eigenvalue weighted by Crippen LogP contribution is 2.27. The van der Waals surface area contributed by atoms with Gasteiger partial charge in [0.05, 0.1) is 5.69 Å². The van der Waals surface area contributed by atoms with Crippen LogP contribution in [0.2, 0.25) is 0 Å². The number of rotatable bonds is 3. The molecule has 1 amide bonds. The Labute approximate surface area is 126 Å². The summed E-state index contributed by atoms with van der Waals surface area (Å²) in [6.45, 7) is -1.40. The Bertz CT molecular complexity index is 810. The summed E-state index contributed by atoms with van der Waals surface area (Å²) in [5, 5.41) is 3.62. The van der Waals surface area contributed by atoms with Crippen molar-refractivity contribution in [3.8, 4) is 11.3 Å². The van der Waals surface area contributed by atoms with Crippen LogP contribution < -0.4 is 5.32 Å². The normalized spacial score (nSPS) is 11.8. The van der Waals surface area contributed by atoms with E-state index in [-0.39, 0.29) is 5.69 Å². The highest BCUT2D eigenvalue weighted by molar-refractivity contribution is 7.15. The van der Waals surface area contributed by atoms with Crippen molar-refractivity contribution in [2.24, 2.45) is 0 Å². The summed E-state index contributed by atoms with van der Waals surface area (Å²) >= 11 is 1.29. The smallest absolute Gasteiger partial charge is 0.342 e. The van der Waals surface area contributed by atoms with Crippen molar-refractivity contribution in [3.05, 3.63) is 41.8 Å². The Balaban J connectivity index is 2.03. The molecule has 0 fully saturated rings. The molecule has 22 heavy (non-hydrogen) atoms. The maximum absolute atomic E-state index is 12.3. The van der Waals surface area contributed by atoms with E-state index in [9.17, 15) is 18.0 Å². The summed E-state index contributed by atoms with van der Waals surface area (Å²) in [5.74, 6) is -0.868. The van der Waals surface area contributed by atoms with Gasteiger partial charge in [0.25, 0.3) is 5.91 Å². The van der Waals surface area contributed by atoms with Gasteiger partial charge in [0.15, 0.2) is 10.7 Å². The van der Waals surface area contributed by atoms with Gasteiger partial charge >= 0.3 is 6.18 Å². The number of nitrogens with zero attached hydrogens (tertiary/aromatic N) is 3. The van der Waals surface area contributed by atoms with Crippen molar-refractivity contribution in [2.45, 2.75) is 6.18 Å². The first kappa shape index (κ1) is 14.5. The Morgan fingerprint density at radius 1 is 1.41 bits per heavy atom. The minimum Gasteiger partial charge on any atom is -0.342 e. The van der Waals surface area contributed by atoms with Crippen molar-refractivity contribution in [3.63, 3.8) is 0 Å². The number of halogens is 3. The monoisotopic (exact) mass is 326 g/mol. The highest BCUT2D eigenvalue weighted by Gasteiger charge is 2.29. The van der Waals surface area contributed by atoms with Gasteiger partial charge < -0.3 is 5.32 Å². The molecule has 3 heterocycles. The maximum Gasteiger partial charge on any atom is 0.405 e. The molecule has 0 saturated carbocycles. The second-order valence-corrected chi connectivity index (χ2v) is 5.28. The molecular formula is C13H9F3N4OS. The Morgan fingerprint density at radius 2 is 2.23 bits per heavy atom. The summed E-state index contributed by atoms with van der Waals surface area (Å²) in [5.41, 5.74) is 0.971. The van der Waals surface area contributed by atoms with E-state index in [1.807, 2.05) is 5.32 Å². The molecule has 9 heteroatoms. The lowest BCUT2D eigenvalue weighted by molar-refractivity contribution is -0.123. The number of amides is 1. The lowest BCUT2D eigenvalue weighted by Gasteiger charge is -2.08. The van der Waals surface area contributed by atoms with Crippen LogP contribution in [0.1, 0.15) is 10.5 Å². The second kappa shape index (κ2) is 5.41. The molecule has 0 aliphatic heterocycles. The van der Waals surface area contributed by atoms with Gasteiger partial charge in [0, 0.05) is 29.5 Å². The fraction of sp³-hybridized carbons (Fsp3) is 0.154. The lowest BCUT2D eigenvalue weighted by atomic mass is 10.1. The highest BCUT2D eigenvalue weighted by atomic mass is 32.1. The molecule has 0 spiro atoms. The van der Waals surface area contributed by atoms with E-state index < -0.39 is 18.6 Å². The third-order valence-electron chi connectivity index (χ3n) is 2.86. The first-order valence-electron chi connectivity index (χ1n) is 6.16. The quantitative estimate of drug-likeness (QED) is 0.805. The largest absolute Gasteiger partial charge is 0.405 e. The zero-order valence-electron chi connectivity index (χ0n) is 11.0. The number of alkyl halides is 3. The maximum atomic E-state index is 12.3. The molecular weight excluding hydrogens is 317 g/mol. The van der Waals surface area contributed by atoms with Gasteiger partial charge in [-0.15, -0.1) is 11.3 Å². The summed E-state index contributed by atoms with van der Waals surface area (Å²) in [4.78, 5) is 20.7. The summed E-state index contributed by atoms with van der Waals surface area (Å²) in [6, 6.07) is 3.40. The van der Waals surface area contributed by atoms with Gasteiger partial charge in [-0.1, -0.05) is 0 Å². The Hall–Kier alpha value is -2.42. The van der Waals surface area contributed by atoms with E-state index in [1.165, 1.54) is 17.5 Å². The molecule has 0 aliphatic carbocycles. The first-order valence-corrected chi connectivity index (χ1v) is 7.04. The topological polar surface area (TPSA) is 59.3 Å². The van der Waals surface area contributed by atoms with Gasteiger partial charge in [0.2, 0.25) is 0 Å². The molecule has 3 rings (SSSR count). The third-order valence-corrected chi connectivity index (χ3v) is 3.62. The number of aromatic nitrogens is 3. The lowest BCUT2D eigenvalue weighted by Crippen LogP contribution is -2.34. The van der Waals surface area contributed by atoms with Crippen LogP contribution in [0, 0.1) is 0 Å². The molecule has 0 saturated heterocycles. The van der Waals surface area contributed by atoms with Crippen molar-refractivity contribution >= 4 is 22.2 Å². The van der Waals surface area contributed by atoms with Crippen LogP contribution in [-0.4, -0.2) is 33.0 Å². The van der Waals surface area contributed by atoms with Crippen LogP contribution >= 0.6 is 11.3 Å². The predicted molar refractivity (Wildman–Crippen MR) is 74.7 cm³/mol. The van der Waals surface area contributed by atoms with Crippen LogP contribution in [0.5, 0.6) is 0 Å². The number of hydrogen-bond acceptors (Lipinski definition) is 4. The van der Waals surface area contributed by atoms with Crippen LogP contribution in [0.3, 0.4) is 0 Å². The minimum absolute atomic E-state index is 0.0518. The minimum atomic E-state index is -4.47. The molecule has 3 aromatic rings. The molecule has 0 radical (unpaired) electrons. The molecule has 114 valence electrons. The van der Waals surface area contributed by atoms with Crippen molar-refractivity contribution in [1.82, 2.24) is 19.7 Å². The number of fused-ring (bicyclic) bond motifs is 1. The van der Waals surface area contributed by atoms with Crippen LogP contribution in [0.4, 0.5) is 13.2 Å². The number of thiazole rings is 1. The molecule has 0 unspecified atom stereocenters. The molecule has 1 N–H and O–H groups in total. The number of carbonyl (C=O) groups is 1. The number of imidazole rings is 1. The van der Waals surface area contributed by atoms with Gasteiger partial charge in [-0.3, -0.25) is 14.2 Å². The summed E-state index contributed by atoms with van der Waals surface area (Å²) < 4.78 is 38.4. The van der Waals surface area contributed by atoms with E-state index in [4.69, 9.17) is 0 Å². The van der Waals surface area contributed by atoms with E-state index in [2.05, 4.69) is 9.97 Å². The van der Waals surface area contributed by atoms with Gasteiger partial charge in [-0.2, -0.15) is 13.2 Å². The molecule has 0 atom stereocenters. The third kappa shape index (κ3) is 2.80. The Morgan fingerprint density at radius 3 is 2.91 bits per heavy atom. The van der Waals surface area contributed by atoms with Crippen molar-refractivity contribution < 1.29 is 18.0 Å². The molecule has 0 aliphatic rings. The first-order chi connectivity index (χ1) is 10.5. The Kier molecular flexibility index (Phi) is 3.57. The van der Waals surface area contributed by atoms with Crippen LogP contribution in [0.15, 0.2) is 36.1 Å². The van der Waals surface area contributed by atoms with Crippen molar-refractivity contribution in [1.29, 1.82) is 0 Å². The SMILES string of the molecule is O=C(NCC(F)(F)F)c1nc2sccn2c1-c1cccnc1. The predicted octanol–water partition coefficient (Wildman–Crippen LogP) is 2.75. The van der Waals surface area contributed by atoms with Gasteiger partial charge in [-0.25, -0.2) is 4.98 Å². The zero-order valence-corrected chi connectivity index (χ0v) is 11.8. The van der Waals surface area contributed by atoms with E-state index in [1.54, 1.807) is 34.3 Å². The standard InChI is InChI=1S/C13H9F3N4OS/c14-13(15,16)7-18-11(21)9-10(8-2-1-3-17-6-8)20-4-5-22-12(20)19-9/h1-6H,7H2,(H,18,21). The average molecular weight is 326 g/mol. The zero-order chi connectivity index (χ0) is 15.7. The summed E-state index contributed by atoms with van der Waals surface area (Å²) in [6.07, 6.45) is 0.331. The number of nitrogens with one attached hydrogen (secondary N) is 1. The van der Waals surface area contributed by atoms with Gasteiger partial charge in [-0.05, 0) is 12.1 Å². The number of carbonyl (C=O) groups excluding carboxylic acids is 1. The summed E-state index contributed by atoms with van der Waals surface area (Å²) in [7, 11) is 0.